The van der Waals surface area contributed by atoms with Gasteiger partial charge in [-0.25, -0.2) is 13.1 Å². The molecular weight excluding hydrogens is 320 g/mol. The van der Waals surface area contributed by atoms with E-state index in [1.54, 1.807) is 24.5 Å². The van der Waals surface area contributed by atoms with E-state index in [1.165, 1.54) is 18.2 Å². The monoisotopic (exact) mass is 332 g/mol. The lowest BCUT2D eigenvalue weighted by Crippen LogP contribution is -2.29. The number of benzene rings is 1. The Morgan fingerprint density at radius 1 is 1.04 bits per heavy atom. The van der Waals surface area contributed by atoms with E-state index in [2.05, 4.69) is 19.7 Å². The Labute approximate surface area is 130 Å². The Hall–Kier alpha value is -2.78. The van der Waals surface area contributed by atoms with Crippen molar-refractivity contribution in [1.82, 2.24) is 19.7 Å². The van der Waals surface area contributed by atoms with E-state index < -0.39 is 21.1 Å². The summed E-state index contributed by atoms with van der Waals surface area (Å²) < 4.78 is 27.1. The smallest absolute Gasteiger partial charge is 0.314 e. The molecule has 0 radical (unpaired) electrons. The number of aromatic nitrogens is 3. The zero-order chi connectivity index (χ0) is 16.4. The SMILES string of the molecule is O=c1[nH]c2ccc(S(=O)(=O)NCc3cccnc3)cc2[nH]c1=O. The van der Waals surface area contributed by atoms with Gasteiger partial charge in [-0.3, -0.25) is 14.6 Å². The van der Waals surface area contributed by atoms with Crippen molar-refractivity contribution in [2.24, 2.45) is 0 Å². The van der Waals surface area contributed by atoms with Gasteiger partial charge in [0.25, 0.3) is 0 Å². The Kier molecular flexibility index (Phi) is 3.80. The van der Waals surface area contributed by atoms with Gasteiger partial charge in [0.05, 0.1) is 15.9 Å². The molecule has 3 aromatic rings. The Morgan fingerprint density at radius 3 is 2.48 bits per heavy atom. The lowest BCUT2D eigenvalue weighted by Gasteiger charge is -2.07. The van der Waals surface area contributed by atoms with E-state index in [-0.39, 0.29) is 17.0 Å². The lowest BCUT2D eigenvalue weighted by atomic mass is 10.3. The molecule has 2 heterocycles. The largest absolute Gasteiger partial charge is 0.316 e. The highest BCUT2D eigenvalue weighted by atomic mass is 32.2. The predicted molar refractivity (Wildman–Crippen MR) is 83.5 cm³/mol. The molecule has 0 aliphatic carbocycles. The van der Waals surface area contributed by atoms with Crippen LogP contribution in [0.1, 0.15) is 5.56 Å². The molecule has 0 fully saturated rings. The predicted octanol–water partition coefficient (Wildman–Crippen LogP) is 0.0899. The summed E-state index contributed by atoms with van der Waals surface area (Å²) >= 11 is 0. The second-order valence-electron chi connectivity index (χ2n) is 4.80. The number of sulfonamides is 1. The Balaban J connectivity index is 1.93. The van der Waals surface area contributed by atoms with Crippen LogP contribution in [-0.2, 0) is 16.6 Å². The maximum Gasteiger partial charge on any atom is 0.314 e. The topological polar surface area (TPSA) is 125 Å². The van der Waals surface area contributed by atoms with Crippen molar-refractivity contribution in [2.75, 3.05) is 0 Å². The highest BCUT2D eigenvalue weighted by molar-refractivity contribution is 7.89. The molecule has 2 aromatic heterocycles. The average Bonchev–Trinajstić information content (AvgIpc) is 2.55. The van der Waals surface area contributed by atoms with Crippen molar-refractivity contribution in [2.45, 2.75) is 11.4 Å². The lowest BCUT2D eigenvalue weighted by molar-refractivity contribution is 0.581. The van der Waals surface area contributed by atoms with Crippen molar-refractivity contribution in [3.05, 3.63) is 69.0 Å². The summed E-state index contributed by atoms with van der Waals surface area (Å²) in [6.07, 6.45) is 3.16. The molecular formula is C14H12N4O4S. The molecule has 0 saturated carbocycles. The Morgan fingerprint density at radius 2 is 1.78 bits per heavy atom. The summed E-state index contributed by atoms with van der Waals surface area (Å²) in [4.78, 5) is 31.2. The van der Waals surface area contributed by atoms with E-state index in [0.29, 0.717) is 5.52 Å². The maximum atomic E-state index is 12.3. The van der Waals surface area contributed by atoms with E-state index in [4.69, 9.17) is 0 Å². The first kappa shape index (κ1) is 15.1. The number of aromatic amines is 2. The number of fused-ring (bicyclic) bond motifs is 1. The number of nitrogens with one attached hydrogen (secondary N) is 3. The molecule has 118 valence electrons. The number of hydrogen-bond acceptors (Lipinski definition) is 5. The van der Waals surface area contributed by atoms with Gasteiger partial charge in [0.2, 0.25) is 10.0 Å². The third kappa shape index (κ3) is 3.20. The van der Waals surface area contributed by atoms with Crippen LogP contribution >= 0.6 is 0 Å². The molecule has 0 atom stereocenters. The minimum atomic E-state index is -3.76. The average molecular weight is 332 g/mol. The molecule has 0 unspecified atom stereocenters. The normalized spacial score (nSPS) is 11.7. The summed E-state index contributed by atoms with van der Waals surface area (Å²) in [7, 11) is -3.76. The third-order valence-corrected chi connectivity index (χ3v) is 4.59. The Bertz CT molecular complexity index is 1070. The third-order valence-electron chi connectivity index (χ3n) is 3.19. The van der Waals surface area contributed by atoms with Crippen LogP contribution < -0.4 is 15.8 Å². The van der Waals surface area contributed by atoms with E-state index in [0.717, 1.165) is 5.56 Å². The van der Waals surface area contributed by atoms with Crippen molar-refractivity contribution in [1.29, 1.82) is 0 Å². The van der Waals surface area contributed by atoms with Crippen molar-refractivity contribution in [3.8, 4) is 0 Å². The van der Waals surface area contributed by atoms with Gasteiger partial charge < -0.3 is 9.97 Å². The molecule has 3 rings (SSSR count). The number of H-pyrrole nitrogens is 2. The standard InChI is InChI=1S/C14H12N4O4S/c19-13-14(20)18-12-6-10(3-4-11(12)17-13)23(21,22)16-8-9-2-1-5-15-7-9/h1-7,16H,8H2,(H,17,19)(H,18,20). The van der Waals surface area contributed by atoms with Gasteiger partial charge in [-0.05, 0) is 29.8 Å². The van der Waals surface area contributed by atoms with Crippen LogP contribution in [0, 0.1) is 0 Å². The second-order valence-corrected chi connectivity index (χ2v) is 6.57. The molecule has 0 spiro atoms. The fraction of sp³-hybridized carbons (Fsp3) is 0.0714. The summed E-state index contributed by atoms with van der Waals surface area (Å²) in [5, 5.41) is 0. The van der Waals surface area contributed by atoms with Crippen molar-refractivity contribution >= 4 is 21.1 Å². The van der Waals surface area contributed by atoms with Gasteiger partial charge in [0, 0.05) is 18.9 Å². The maximum absolute atomic E-state index is 12.3. The zero-order valence-electron chi connectivity index (χ0n) is 11.7. The summed E-state index contributed by atoms with van der Waals surface area (Å²) in [5.74, 6) is 0. The minimum absolute atomic E-state index is 0.0170. The first-order chi connectivity index (χ1) is 11.0. The highest BCUT2D eigenvalue weighted by Gasteiger charge is 2.15. The van der Waals surface area contributed by atoms with Gasteiger partial charge >= 0.3 is 11.1 Å². The molecule has 8 nitrogen and oxygen atoms in total. The number of nitrogens with zero attached hydrogens (tertiary/aromatic N) is 1. The van der Waals surface area contributed by atoms with Crippen LogP contribution in [0.2, 0.25) is 0 Å². The fourth-order valence-electron chi connectivity index (χ4n) is 2.03. The molecule has 0 amide bonds. The van der Waals surface area contributed by atoms with Gasteiger partial charge in [-0.1, -0.05) is 6.07 Å². The molecule has 9 heteroatoms. The van der Waals surface area contributed by atoms with Gasteiger partial charge in [-0.15, -0.1) is 0 Å². The van der Waals surface area contributed by atoms with Gasteiger partial charge in [0.1, 0.15) is 0 Å². The molecule has 0 bridgehead atoms. The van der Waals surface area contributed by atoms with Crippen LogP contribution in [0.25, 0.3) is 11.0 Å². The number of hydrogen-bond donors (Lipinski definition) is 3. The highest BCUT2D eigenvalue weighted by Crippen LogP contribution is 2.14. The van der Waals surface area contributed by atoms with Crippen molar-refractivity contribution in [3.63, 3.8) is 0 Å². The molecule has 3 N–H and O–H groups in total. The van der Waals surface area contributed by atoms with Crippen LogP contribution in [0.5, 0.6) is 0 Å². The summed E-state index contributed by atoms with van der Waals surface area (Å²) in [5.41, 5.74) is -0.326. The molecule has 23 heavy (non-hydrogen) atoms. The molecule has 0 aliphatic rings. The molecule has 1 aromatic carbocycles. The zero-order valence-corrected chi connectivity index (χ0v) is 12.6. The van der Waals surface area contributed by atoms with Gasteiger partial charge in [-0.2, -0.15) is 0 Å². The summed E-state index contributed by atoms with van der Waals surface area (Å²) in [6.45, 7) is 0.0936. The van der Waals surface area contributed by atoms with Crippen LogP contribution in [0.15, 0.2) is 57.2 Å². The van der Waals surface area contributed by atoms with Crippen LogP contribution in [-0.4, -0.2) is 23.4 Å². The number of rotatable bonds is 4. The quantitative estimate of drug-likeness (QED) is 0.584. The van der Waals surface area contributed by atoms with Gasteiger partial charge in [0.15, 0.2) is 0 Å². The first-order valence-electron chi connectivity index (χ1n) is 6.61. The van der Waals surface area contributed by atoms with Crippen molar-refractivity contribution < 1.29 is 8.42 Å². The van der Waals surface area contributed by atoms with Crippen LogP contribution in [0.4, 0.5) is 0 Å². The second kappa shape index (κ2) is 5.78. The van der Waals surface area contributed by atoms with E-state index in [1.807, 2.05) is 0 Å². The number of pyridine rings is 1. The molecule has 0 aliphatic heterocycles. The molecule has 0 saturated heterocycles. The van der Waals surface area contributed by atoms with E-state index >= 15 is 0 Å². The van der Waals surface area contributed by atoms with E-state index in [9.17, 15) is 18.0 Å². The summed E-state index contributed by atoms with van der Waals surface area (Å²) in [6, 6.07) is 7.52. The first-order valence-corrected chi connectivity index (χ1v) is 8.09. The minimum Gasteiger partial charge on any atom is -0.316 e. The fourth-order valence-corrected chi connectivity index (χ4v) is 3.07. The van der Waals surface area contributed by atoms with Crippen LogP contribution in [0.3, 0.4) is 0 Å².